The molecular formula is C14H30N2O. The number of nitrogens with two attached hydrogens (primary N) is 1. The lowest BCUT2D eigenvalue weighted by atomic mass is 9.97. The van der Waals surface area contributed by atoms with E-state index < -0.39 is 0 Å². The molecule has 0 aromatic heterocycles. The summed E-state index contributed by atoms with van der Waals surface area (Å²) in [6, 6.07) is 0. The van der Waals surface area contributed by atoms with Crippen molar-refractivity contribution in [2.24, 2.45) is 23.5 Å². The van der Waals surface area contributed by atoms with E-state index in [-0.39, 0.29) is 0 Å². The molecule has 1 unspecified atom stereocenters. The van der Waals surface area contributed by atoms with Crippen LogP contribution in [0.1, 0.15) is 39.5 Å². The van der Waals surface area contributed by atoms with Crippen LogP contribution in [0.3, 0.4) is 0 Å². The normalized spacial score (nSPS) is 17.6. The third kappa shape index (κ3) is 8.58. The highest BCUT2D eigenvalue weighted by atomic mass is 16.5. The van der Waals surface area contributed by atoms with Crippen molar-refractivity contribution >= 4 is 0 Å². The largest absolute Gasteiger partial charge is 0.381 e. The van der Waals surface area contributed by atoms with Crippen LogP contribution >= 0.6 is 0 Å². The summed E-state index contributed by atoms with van der Waals surface area (Å²) in [6.45, 7) is 9.31. The van der Waals surface area contributed by atoms with Crippen LogP contribution in [-0.4, -0.2) is 32.8 Å². The Morgan fingerprint density at radius 2 is 2.12 bits per heavy atom. The van der Waals surface area contributed by atoms with Crippen molar-refractivity contribution in [3.63, 3.8) is 0 Å². The molecule has 3 nitrogen and oxygen atoms in total. The van der Waals surface area contributed by atoms with Crippen LogP contribution in [0, 0.1) is 17.8 Å². The third-order valence-corrected chi connectivity index (χ3v) is 3.26. The van der Waals surface area contributed by atoms with E-state index in [2.05, 4.69) is 19.2 Å². The molecule has 1 saturated carbocycles. The van der Waals surface area contributed by atoms with Crippen molar-refractivity contribution in [1.82, 2.24) is 5.32 Å². The molecule has 0 amide bonds. The number of rotatable bonds is 11. The van der Waals surface area contributed by atoms with Gasteiger partial charge in [0.25, 0.3) is 0 Å². The summed E-state index contributed by atoms with van der Waals surface area (Å²) in [7, 11) is 0. The Morgan fingerprint density at radius 3 is 2.71 bits per heavy atom. The average molecular weight is 242 g/mol. The summed E-state index contributed by atoms with van der Waals surface area (Å²) in [4.78, 5) is 0. The van der Waals surface area contributed by atoms with E-state index in [0.29, 0.717) is 5.92 Å². The zero-order chi connectivity index (χ0) is 12.5. The zero-order valence-corrected chi connectivity index (χ0v) is 11.6. The second-order valence-corrected chi connectivity index (χ2v) is 5.81. The van der Waals surface area contributed by atoms with Gasteiger partial charge in [0.1, 0.15) is 0 Å². The van der Waals surface area contributed by atoms with Gasteiger partial charge in [0.05, 0.1) is 0 Å². The van der Waals surface area contributed by atoms with Gasteiger partial charge in [-0.15, -0.1) is 0 Å². The fourth-order valence-electron chi connectivity index (χ4n) is 2.07. The summed E-state index contributed by atoms with van der Waals surface area (Å²) in [5.74, 6) is 2.25. The van der Waals surface area contributed by atoms with E-state index in [1.807, 2.05) is 0 Å². The van der Waals surface area contributed by atoms with Crippen molar-refractivity contribution < 1.29 is 4.74 Å². The van der Waals surface area contributed by atoms with Crippen LogP contribution in [0.4, 0.5) is 0 Å². The monoisotopic (exact) mass is 242 g/mol. The maximum Gasteiger partial charge on any atom is 0.0494 e. The minimum Gasteiger partial charge on any atom is -0.381 e. The van der Waals surface area contributed by atoms with E-state index in [1.165, 1.54) is 19.3 Å². The van der Waals surface area contributed by atoms with Gasteiger partial charge in [0, 0.05) is 13.2 Å². The van der Waals surface area contributed by atoms with Crippen LogP contribution < -0.4 is 11.1 Å². The second-order valence-electron chi connectivity index (χ2n) is 5.81. The Hall–Kier alpha value is -0.120. The Bertz CT molecular complexity index is 181. The van der Waals surface area contributed by atoms with E-state index in [0.717, 1.165) is 51.1 Å². The molecule has 1 aliphatic rings. The van der Waals surface area contributed by atoms with Gasteiger partial charge in [-0.2, -0.15) is 0 Å². The topological polar surface area (TPSA) is 47.3 Å². The Balaban J connectivity index is 1.83. The highest BCUT2D eigenvalue weighted by Crippen LogP contribution is 2.28. The second kappa shape index (κ2) is 8.90. The molecule has 0 aliphatic heterocycles. The number of nitrogens with one attached hydrogen (secondary N) is 1. The molecule has 0 aromatic rings. The Kier molecular flexibility index (Phi) is 7.82. The zero-order valence-electron chi connectivity index (χ0n) is 11.6. The molecule has 0 bridgehead atoms. The summed E-state index contributed by atoms with van der Waals surface area (Å²) < 4.78 is 5.59. The fraction of sp³-hybridized carbons (Fsp3) is 1.00. The minimum absolute atomic E-state index is 0.627. The van der Waals surface area contributed by atoms with Crippen molar-refractivity contribution in [1.29, 1.82) is 0 Å². The number of ether oxygens (including phenoxy) is 1. The Morgan fingerprint density at radius 1 is 1.35 bits per heavy atom. The molecule has 17 heavy (non-hydrogen) atoms. The van der Waals surface area contributed by atoms with E-state index >= 15 is 0 Å². The maximum absolute atomic E-state index is 5.76. The van der Waals surface area contributed by atoms with Gasteiger partial charge >= 0.3 is 0 Å². The smallest absolute Gasteiger partial charge is 0.0494 e. The van der Waals surface area contributed by atoms with Gasteiger partial charge in [0.15, 0.2) is 0 Å². The van der Waals surface area contributed by atoms with E-state index in [9.17, 15) is 0 Å². The van der Waals surface area contributed by atoms with Gasteiger partial charge < -0.3 is 15.8 Å². The van der Waals surface area contributed by atoms with Crippen LogP contribution in [0.25, 0.3) is 0 Å². The lowest BCUT2D eigenvalue weighted by Gasteiger charge is -2.17. The highest BCUT2D eigenvalue weighted by molar-refractivity contribution is 4.72. The first-order valence-electron chi connectivity index (χ1n) is 7.21. The molecule has 102 valence electrons. The maximum atomic E-state index is 5.76. The van der Waals surface area contributed by atoms with Crippen molar-refractivity contribution in [2.45, 2.75) is 39.5 Å². The van der Waals surface area contributed by atoms with Crippen LogP contribution in [0.15, 0.2) is 0 Å². The lowest BCUT2D eigenvalue weighted by Crippen LogP contribution is -2.30. The first-order chi connectivity index (χ1) is 8.22. The predicted octanol–water partition coefficient (Wildman–Crippen LogP) is 2.01. The van der Waals surface area contributed by atoms with Gasteiger partial charge in [0.2, 0.25) is 0 Å². The molecule has 1 atom stereocenters. The molecule has 3 heteroatoms. The summed E-state index contributed by atoms with van der Waals surface area (Å²) >= 11 is 0. The quantitative estimate of drug-likeness (QED) is 0.545. The molecule has 0 aromatic carbocycles. The molecule has 0 saturated heterocycles. The molecular weight excluding hydrogens is 212 g/mol. The Labute approximate surface area is 106 Å². The SMILES string of the molecule is CC(C)CC(CN)CNCCCOCC1CC1. The molecule has 1 fully saturated rings. The molecule has 1 aliphatic carbocycles. The van der Waals surface area contributed by atoms with Gasteiger partial charge in [-0.25, -0.2) is 0 Å². The van der Waals surface area contributed by atoms with Gasteiger partial charge in [-0.3, -0.25) is 0 Å². The molecule has 0 spiro atoms. The molecule has 3 N–H and O–H groups in total. The summed E-state index contributed by atoms with van der Waals surface area (Å²) in [6.07, 6.45) is 5.10. The van der Waals surface area contributed by atoms with Crippen LogP contribution in [0.2, 0.25) is 0 Å². The standard InChI is InChI=1S/C14H30N2O/c1-12(2)8-14(9-15)10-16-6-3-7-17-11-13-4-5-13/h12-14,16H,3-11,15H2,1-2H3. The fourth-order valence-corrected chi connectivity index (χ4v) is 2.07. The lowest BCUT2D eigenvalue weighted by molar-refractivity contribution is 0.122. The highest BCUT2D eigenvalue weighted by Gasteiger charge is 2.20. The predicted molar refractivity (Wildman–Crippen MR) is 73.0 cm³/mol. The molecule has 1 rings (SSSR count). The third-order valence-electron chi connectivity index (χ3n) is 3.26. The van der Waals surface area contributed by atoms with Crippen molar-refractivity contribution in [2.75, 3.05) is 32.8 Å². The van der Waals surface area contributed by atoms with E-state index in [4.69, 9.17) is 10.5 Å². The van der Waals surface area contributed by atoms with Crippen molar-refractivity contribution in [3.05, 3.63) is 0 Å². The van der Waals surface area contributed by atoms with E-state index in [1.54, 1.807) is 0 Å². The minimum atomic E-state index is 0.627. The average Bonchev–Trinajstić information content (AvgIpc) is 3.09. The molecule has 0 radical (unpaired) electrons. The van der Waals surface area contributed by atoms with Crippen molar-refractivity contribution in [3.8, 4) is 0 Å². The number of hydrogen-bond acceptors (Lipinski definition) is 3. The summed E-state index contributed by atoms with van der Waals surface area (Å²) in [5.41, 5.74) is 5.76. The van der Waals surface area contributed by atoms with Crippen LogP contribution in [0.5, 0.6) is 0 Å². The molecule has 0 heterocycles. The first-order valence-corrected chi connectivity index (χ1v) is 7.21. The van der Waals surface area contributed by atoms with Gasteiger partial charge in [-0.1, -0.05) is 13.8 Å². The number of hydrogen-bond donors (Lipinski definition) is 2. The van der Waals surface area contributed by atoms with Gasteiger partial charge in [-0.05, 0) is 63.1 Å². The summed E-state index contributed by atoms with van der Waals surface area (Å²) in [5, 5.41) is 3.49. The van der Waals surface area contributed by atoms with Crippen LogP contribution in [-0.2, 0) is 4.74 Å². The first kappa shape index (κ1) is 14.9.